The van der Waals surface area contributed by atoms with Crippen molar-refractivity contribution in [1.29, 1.82) is 0 Å². The van der Waals surface area contributed by atoms with Crippen molar-refractivity contribution in [2.75, 3.05) is 33.7 Å². The lowest BCUT2D eigenvalue weighted by atomic mass is 9.83. The Kier molecular flexibility index (Phi) is 6.49. The van der Waals surface area contributed by atoms with E-state index in [2.05, 4.69) is 11.9 Å². The summed E-state index contributed by atoms with van der Waals surface area (Å²) in [6, 6.07) is 0.371. The van der Waals surface area contributed by atoms with Crippen molar-refractivity contribution in [2.45, 2.75) is 57.4 Å². The third-order valence-corrected chi connectivity index (χ3v) is 5.39. The molecule has 2 fully saturated rings. The monoisotopic (exact) mass is 295 g/mol. The Morgan fingerprint density at radius 3 is 2.57 bits per heavy atom. The van der Waals surface area contributed by atoms with E-state index in [1.165, 1.54) is 45.2 Å². The fourth-order valence-electron chi connectivity index (χ4n) is 3.85. The van der Waals surface area contributed by atoms with E-state index in [0.717, 1.165) is 19.4 Å². The predicted molar refractivity (Wildman–Crippen MR) is 87.0 cm³/mol. The van der Waals surface area contributed by atoms with E-state index >= 15 is 0 Å². The highest BCUT2D eigenvalue weighted by Crippen LogP contribution is 2.27. The average Bonchev–Trinajstić information content (AvgIpc) is 2.47. The molecule has 2 aliphatic rings. The van der Waals surface area contributed by atoms with E-state index in [1.54, 1.807) is 0 Å². The van der Waals surface area contributed by atoms with Crippen LogP contribution in [0.1, 0.15) is 51.4 Å². The second-order valence-corrected chi connectivity index (χ2v) is 7.35. The van der Waals surface area contributed by atoms with Gasteiger partial charge in [0.1, 0.15) is 0 Å². The zero-order valence-corrected chi connectivity index (χ0v) is 13.9. The molecule has 1 amide bonds. The van der Waals surface area contributed by atoms with E-state index in [4.69, 9.17) is 5.73 Å². The van der Waals surface area contributed by atoms with Crippen molar-refractivity contribution in [1.82, 2.24) is 9.80 Å². The van der Waals surface area contributed by atoms with E-state index in [-0.39, 0.29) is 0 Å². The number of amides is 1. The van der Waals surface area contributed by atoms with Gasteiger partial charge in [-0.3, -0.25) is 4.79 Å². The van der Waals surface area contributed by atoms with Gasteiger partial charge in [0.15, 0.2) is 0 Å². The fraction of sp³-hybridized carbons (Fsp3) is 0.941. The van der Waals surface area contributed by atoms with Crippen LogP contribution in [0.4, 0.5) is 0 Å². The molecular formula is C17H33N3O. The molecule has 1 saturated carbocycles. The number of carbonyl (C=O) groups is 1. The Morgan fingerprint density at radius 1 is 1.19 bits per heavy atom. The lowest BCUT2D eigenvalue weighted by Gasteiger charge is -2.32. The van der Waals surface area contributed by atoms with Crippen LogP contribution in [0.15, 0.2) is 0 Å². The summed E-state index contributed by atoms with van der Waals surface area (Å²) in [5, 5.41) is 0. The smallest absolute Gasteiger partial charge is 0.222 e. The highest BCUT2D eigenvalue weighted by Gasteiger charge is 2.23. The molecule has 2 unspecified atom stereocenters. The molecule has 21 heavy (non-hydrogen) atoms. The number of nitrogens with two attached hydrogens (primary N) is 1. The van der Waals surface area contributed by atoms with Crippen LogP contribution in [0.3, 0.4) is 0 Å². The van der Waals surface area contributed by atoms with E-state index in [1.807, 2.05) is 11.9 Å². The Labute approximate surface area is 130 Å². The van der Waals surface area contributed by atoms with Gasteiger partial charge in [-0.15, -0.1) is 0 Å². The zero-order valence-electron chi connectivity index (χ0n) is 13.9. The maximum Gasteiger partial charge on any atom is 0.222 e. The maximum absolute atomic E-state index is 12.3. The number of rotatable bonds is 5. The molecule has 4 nitrogen and oxygen atoms in total. The number of piperidine rings is 1. The minimum atomic E-state index is 0.327. The molecule has 122 valence electrons. The molecule has 2 atom stereocenters. The molecule has 4 heteroatoms. The average molecular weight is 295 g/mol. The summed E-state index contributed by atoms with van der Waals surface area (Å²) in [7, 11) is 4.16. The molecule has 0 aromatic rings. The van der Waals surface area contributed by atoms with Crippen molar-refractivity contribution in [2.24, 2.45) is 17.6 Å². The normalized spacial score (nSPS) is 28.5. The van der Waals surface area contributed by atoms with Crippen LogP contribution < -0.4 is 5.73 Å². The summed E-state index contributed by atoms with van der Waals surface area (Å²) >= 11 is 0. The SMILES string of the molecule is CN1CCC(CN(C)C(=O)CCC2CCCC(N)C2)CC1. The van der Waals surface area contributed by atoms with Gasteiger partial charge >= 0.3 is 0 Å². The number of hydrogen-bond acceptors (Lipinski definition) is 3. The van der Waals surface area contributed by atoms with E-state index in [9.17, 15) is 4.79 Å². The van der Waals surface area contributed by atoms with Crippen LogP contribution in [0.2, 0.25) is 0 Å². The second-order valence-electron chi connectivity index (χ2n) is 7.35. The number of nitrogens with zero attached hydrogens (tertiary/aromatic N) is 2. The number of hydrogen-bond donors (Lipinski definition) is 1. The molecule has 0 aromatic heterocycles. The largest absolute Gasteiger partial charge is 0.345 e. The molecule has 0 spiro atoms. The summed E-state index contributed by atoms with van der Waals surface area (Å²) in [6.45, 7) is 3.29. The number of likely N-dealkylation sites (tertiary alicyclic amines) is 1. The molecule has 0 radical (unpaired) electrons. The third-order valence-electron chi connectivity index (χ3n) is 5.39. The lowest BCUT2D eigenvalue weighted by Crippen LogP contribution is -2.38. The topological polar surface area (TPSA) is 49.6 Å². The van der Waals surface area contributed by atoms with Crippen molar-refractivity contribution in [3.8, 4) is 0 Å². The van der Waals surface area contributed by atoms with Crippen LogP contribution in [0, 0.1) is 11.8 Å². The van der Waals surface area contributed by atoms with Gasteiger partial charge in [-0.2, -0.15) is 0 Å². The first-order valence-corrected chi connectivity index (χ1v) is 8.72. The molecule has 2 N–H and O–H groups in total. The summed E-state index contributed by atoms with van der Waals surface area (Å²) in [5.74, 6) is 1.70. The molecule has 0 aromatic carbocycles. The highest BCUT2D eigenvalue weighted by molar-refractivity contribution is 5.75. The van der Waals surface area contributed by atoms with Crippen molar-refractivity contribution in [3.63, 3.8) is 0 Å². The Hall–Kier alpha value is -0.610. The zero-order chi connectivity index (χ0) is 15.2. The van der Waals surface area contributed by atoms with E-state index in [0.29, 0.717) is 30.2 Å². The van der Waals surface area contributed by atoms with Crippen LogP contribution >= 0.6 is 0 Å². The minimum absolute atomic E-state index is 0.327. The van der Waals surface area contributed by atoms with Crippen molar-refractivity contribution in [3.05, 3.63) is 0 Å². The highest BCUT2D eigenvalue weighted by atomic mass is 16.2. The molecule has 2 rings (SSSR count). The van der Waals surface area contributed by atoms with Crippen LogP contribution in [0.25, 0.3) is 0 Å². The molecule has 1 aliphatic carbocycles. The van der Waals surface area contributed by atoms with Gasteiger partial charge in [0.05, 0.1) is 0 Å². The van der Waals surface area contributed by atoms with Gasteiger partial charge < -0.3 is 15.5 Å². The molecule has 1 aliphatic heterocycles. The third kappa shape index (κ3) is 5.59. The van der Waals surface area contributed by atoms with Gasteiger partial charge in [0.2, 0.25) is 5.91 Å². The molecule has 1 saturated heterocycles. The second kappa shape index (κ2) is 8.14. The first-order chi connectivity index (χ1) is 10.0. The first-order valence-electron chi connectivity index (χ1n) is 8.72. The van der Waals surface area contributed by atoms with Crippen molar-refractivity contribution >= 4 is 5.91 Å². The van der Waals surface area contributed by atoms with E-state index < -0.39 is 0 Å². The molecule has 1 heterocycles. The van der Waals surface area contributed by atoms with Gasteiger partial charge in [0.25, 0.3) is 0 Å². The van der Waals surface area contributed by atoms with Gasteiger partial charge in [-0.25, -0.2) is 0 Å². The molecule has 0 bridgehead atoms. The Balaban J connectivity index is 1.65. The summed E-state index contributed by atoms with van der Waals surface area (Å²) in [6.07, 6.45) is 8.99. The first kappa shape index (κ1) is 16.8. The maximum atomic E-state index is 12.3. The lowest BCUT2D eigenvalue weighted by molar-refractivity contribution is -0.131. The summed E-state index contributed by atoms with van der Waals surface area (Å²) in [4.78, 5) is 16.6. The van der Waals surface area contributed by atoms with Crippen LogP contribution in [-0.4, -0.2) is 55.5 Å². The molecular weight excluding hydrogens is 262 g/mol. The van der Waals surface area contributed by atoms with Gasteiger partial charge in [-0.05, 0) is 64.1 Å². The summed E-state index contributed by atoms with van der Waals surface area (Å²) in [5.41, 5.74) is 6.03. The quantitative estimate of drug-likeness (QED) is 0.845. The minimum Gasteiger partial charge on any atom is -0.345 e. The van der Waals surface area contributed by atoms with Gasteiger partial charge in [-0.1, -0.05) is 12.8 Å². The standard InChI is InChI=1S/C17H33N3O/c1-19-10-8-15(9-11-19)13-20(2)17(21)7-6-14-4-3-5-16(18)12-14/h14-16H,3-13,18H2,1-2H3. The van der Waals surface area contributed by atoms with Crippen LogP contribution in [-0.2, 0) is 4.79 Å². The van der Waals surface area contributed by atoms with Crippen LogP contribution in [0.5, 0.6) is 0 Å². The Bertz CT molecular complexity index is 326. The predicted octanol–water partition coefficient (Wildman–Crippen LogP) is 2.08. The fourth-order valence-corrected chi connectivity index (χ4v) is 3.85. The van der Waals surface area contributed by atoms with Gasteiger partial charge in [0, 0.05) is 26.1 Å². The van der Waals surface area contributed by atoms with Crippen molar-refractivity contribution < 1.29 is 4.79 Å². The number of carbonyl (C=O) groups excluding carboxylic acids is 1. The summed E-state index contributed by atoms with van der Waals surface area (Å²) < 4.78 is 0. The Morgan fingerprint density at radius 2 is 1.90 bits per heavy atom.